The number of halogens is 1. The Morgan fingerprint density at radius 1 is 0.938 bits per heavy atom. The third-order valence-electron chi connectivity index (χ3n) is 4.98. The van der Waals surface area contributed by atoms with E-state index in [-0.39, 0.29) is 5.56 Å². The van der Waals surface area contributed by atoms with E-state index in [4.69, 9.17) is 21.1 Å². The first-order valence-electron chi connectivity index (χ1n) is 10.2. The third kappa shape index (κ3) is 4.20. The number of nitrogens with zero attached hydrogens (tertiary/aromatic N) is 2. The largest absolute Gasteiger partial charge is 0.493 e. The molecule has 0 unspecified atom stereocenters. The quantitative estimate of drug-likeness (QED) is 0.321. The zero-order valence-electron chi connectivity index (χ0n) is 17.0. The highest BCUT2D eigenvalue weighted by Crippen LogP contribution is 2.20. The summed E-state index contributed by atoms with van der Waals surface area (Å²) in [5.41, 5.74) is 2.45. The minimum Gasteiger partial charge on any atom is -0.493 e. The van der Waals surface area contributed by atoms with Gasteiger partial charge in [0.15, 0.2) is 4.96 Å². The van der Waals surface area contributed by atoms with Crippen molar-refractivity contribution in [3.05, 3.63) is 98.3 Å². The standard InChI is InChI=1S/C25H19ClN2O3S/c26-18-10-12-19(13-11-18)30-14-5-15-31-22-9-4-1-6-17(22)16-23-24(29)28-21-8-3-2-7-20(21)27-25(28)32-23/h1-4,6-13,16H,5,14-15H2. The molecule has 0 aliphatic rings. The lowest BCUT2D eigenvalue weighted by molar-refractivity contribution is 0.247. The summed E-state index contributed by atoms with van der Waals surface area (Å²) in [7, 11) is 0. The molecule has 2 heterocycles. The Kier molecular flexibility index (Phi) is 5.79. The average Bonchev–Trinajstić information content (AvgIpc) is 3.32. The second kappa shape index (κ2) is 9.02. The zero-order chi connectivity index (χ0) is 21.9. The summed E-state index contributed by atoms with van der Waals surface area (Å²) in [5.74, 6) is 1.51. The molecule has 0 aliphatic heterocycles. The van der Waals surface area contributed by atoms with Crippen molar-refractivity contribution >= 4 is 45.0 Å². The molecule has 5 aromatic rings. The van der Waals surface area contributed by atoms with Gasteiger partial charge in [-0.25, -0.2) is 9.38 Å². The van der Waals surface area contributed by atoms with Crippen molar-refractivity contribution in [1.82, 2.24) is 9.38 Å². The third-order valence-corrected chi connectivity index (χ3v) is 6.20. The van der Waals surface area contributed by atoms with Crippen LogP contribution in [0, 0.1) is 0 Å². The van der Waals surface area contributed by atoms with E-state index in [2.05, 4.69) is 4.98 Å². The first-order valence-corrected chi connectivity index (χ1v) is 11.4. The van der Waals surface area contributed by atoms with Gasteiger partial charge in [-0.3, -0.25) is 4.79 Å². The van der Waals surface area contributed by atoms with Crippen LogP contribution in [0.5, 0.6) is 11.5 Å². The molecular weight excluding hydrogens is 444 g/mol. The summed E-state index contributed by atoms with van der Waals surface area (Å²) >= 11 is 7.27. The second-order valence-corrected chi connectivity index (χ2v) is 8.62. The van der Waals surface area contributed by atoms with Gasteiger partial charge in [-0.2, -0.15) is 0 Å². The number of hydrogen-bond acceptors (Lipinski definition) is 5. The normalized spacial score (nSPS) is 12.0. The molecule has 0 saturated carbocycles. The van der Waals surface area contributed by atoms with Crippen molar-refractivity contribution in [2.45, 2.75) is 6.42 Å². The van der Waals surface area contributed by atoms with Crippen LogP contribution in [-0.2, 0) is 0 Å². The molecule has 5 nitrogen and oxygen atoms in total. The van der Waals surface area contributed by atoms with E-state index in [9.17, 15) is 4.79 Å². The molecule has 7 heteroatoms. The molecule has 3 aromatic carbocycles. The molecule has 2 aromatic heterocycles. The second-order valence-electron chi connectivity index (χ2n) is 7.18. The first-order chi connectivity index (χ1) is 15.7. The highest BCUT2D eigenvalue weighted by molar-refractivity contribution is 7.15. The molecule has 0 radical (unpaired) electrons. The maximum absolute atomic E-state index is 13.0. The van der Waals surface area contributed by atoms with Crippen LogP contribution >= 0.6 is 22.9 Å². The van der Waals surface area contributed by atoms with Gasteiger partial charge in [0.25, 0.3) is 5.56 Å². The Bertz CT molecular complexity index is 1490. The summed E-state index contributed by atoms with van der Waals surface area (Å²) < 4.78 is 14.0. The van der Waals surface area contributed by atoms with E-state index >= 15 is 0 Å². The molecule has 32 heavy (non-hydrogen) atoms. The Hall–Kier alpha value is -3.35. The molecular formula is C25H19ClN2O3S. The monoisotopic (exact) mass is 462 g/mol. The van der Waals surface area contributed by atoms with E-state index in [1.807, 2.05) is 66.7 Å². The molecule has 160 valence electrons. The maximum Gasteiger partial charge on any atom is 0.274 e. The van der Waals surface area contributed by atoms with E-state index in [0.717, 1.165) is 34.5 Å². The topological polar surface area (TPSA) is 52.8 Å². The Labute approximate surface area is 193 Å². The van der Waals surface area contributed by atoms with Crippen molar-refractivity contribution in [2.75, 3.05) is 13.2 Å². The number of ether oxygens (including phenoxy) is 2. The summed E-state index contributed by atoms with van der Waals surface area (Å²) in [6.07, 6.45) is 2.60. The van der Waals surface area contributed by atoms with E-state index in [1.165, 1.54) is 11.3 Å². The number of fused-ring (bicyclic) bond motifs is 3. The van der Waals surface area contributed by atoms with Crippen molar-refractivity contribution < 1.29 is 9.47 Å². The fourth-order valence-corrected chi connectivity index (χ4v) is 4.55. The Balaban J connectivity index is 1.31. The molecule has 0 saturated heterocycles. The number of imidazole rings is 1. The van der Waals surface area contributed by atoms with Crippen LogP contribution in [0.15, 0.2) is 77.6 Å². The highest BCUT2D eigenvalue weighted by Gasteiger charge is 2.11. The van der Waals surface area contributed by atoms with E-state index in [0.29, 0.717) is 27.7 Å². The molecule has 0 spiro atoms. The van der Waals surface area contributed by atoms with Crippen LogP contribution in [0.1, 0.15) is 12.0 Å². The predicted octanol–water partition coefficient (Wildman–Crippen LogP) is 4.96. The average molecular weight is 463 g/mol. The summed E-state index contributed by atoms with van der Waals surface area (Å²) in [6, 6.07) is 22.7. The molecule has 0 N–H and O–H groups in total. The first kappa shape index (κ1) is 20.5. The predicted molar refractivity (Wildman–Crippen MR) is 129 cm³/mol. The minimum absolute atomic E-state index is 0.0649. The number of thiazole rings is 1. The van der Waals surface area contributed by atoms with Crippen molar-refractivity contribution in [3.8, 4) is 11.5 Å². The van der Waals surface area contributed by atoms with Gasteiger partial charge in [0.2, 0.25) is 0 Å². The lowest BCUT2D eigenvalue weighted by Gasteiger charge is -2.10. The van der Waals surface area contributed by atoms with E-state index < -0.39 is 0 Å². The van der Waals surface area contributed by atoms with Gasteiger partial charge in [-0.15, -0.1) is 0 Å². The lowest BCUT2D eigenvalue weighted by atomic mass is 10.2. The minimum atomic E-state index is -0.0649. The van der Waals surface area contributed by atoms with Crippen LogP contribution in [0.25, 0.3) is 22.1 Å². The van der Waals surface area contributed by atoms with Crippen LogP contribution in [-0.4, -0.2) is 22.6 Å². The molecule has 0 bridgehead atoms. The van der Waals surface area contributed by atoms with Crippen molar-refractivity contribution in [3.63, 3.8) is 0 Å². The van der Waals surface area contributed by atoms with Crippen LogP contribution in [0.2, 0.25) is 5.02 Å². The number of benzene rings is 3. The summed E-state index contributed by atoms with van der Waals surface area (Å²) in [5, 5.41) is 0.682. The van der Waals surface area contributed by atoms with Gasteiger partial charge in [-0.1, -0.05) is 53.3 Å². The smallest absolute Gasteiger partial charge is 0.274 e. The number of para-hydroxylation sites is 3. The number of aromatic nitrogens is 2. The SMILES string of the molecule is O=c1c(=Cc2ccccc2OCCCOc2ccc(Cl)cc2)sc2nc3ccccc3n12. The van der Waals surface area contributed by atoms with Gasteiger partial charge < -0.3 is 9.47 Å². The van der Waals surface area contributed by atoms with Gasteiger partial charge >= 0.3 is 0 Å². The van der Waals surface area contributed by atoms with Gasteiger partial charge in [0.05, 0.1) is 28.8 Å². The van der Waals surface area contributed by atoms with Crippen LogP contribution in [0.3, 0.4) is 0 Å². The zero-order valence-corrected chi connectivity index (χ0v) is 18.6. The Morgan fingerprint density at radius 2 is 1.69 bits per heavy atom. The molecule has 5 rings (SSSR count). The lowest BCUT2D eigenvalue weighted by Crippen LogP contribution is -2.22. The van der Waals surface area contributed by atoms with Gasteiger partial charge in [-0.05, 0) is 48.5 Å². The fourth-order valence-electron chi connectivity index (χ4n) is 3.45. The van der Waals surface area contributed by atoms with Crippen molar-refractivity contribution in [2.24, 2.45) is 0 Å². The van der Waals surface area contributed by atoms with E-state index in [1.54, 1.807) is 16.5 Å². The van der Waals surface area contributed by atoms with Crippen LogP contribution < -0.4 is 19.6 Å². The maximum atomic E-state index is 13.0. The molecule has 0 amide bonds. The molecule has 0 fully saturated rings. The summed E-state index contributed by atoms with van der Waals surface area (Å²) in [6.45, 7) is 1.04. The number of hydrogen-bond donors (Lipinski definition) is 0. The van der Waals surface area contributed by atoms with Crippen LogP contribution in [0.4, 0.5) is 0 Å². The molecule has 0 aliphatic carbocycles. The Morgan fingerprint density at radius 3 is 2.56 bits per heavy atom. The van der Waals surface area contributed by atoms with Gasteiger partial charge in [0.1, 0.15) is 11.5 Å². The number of rotatable bonds is 7. The highest BCUT2D eigenvalue weighted by atomic mass is 35.5. The van der Waals surface area contributed by atoms with Gasteiger partial charge in [0, 0.05) is 17.0 Å². The summed E-state index contributed by atoms with van der Waals surface area (Å²) in [4.78, 5) is 18.3. The molecule has 0 atom stereocenters. The van der Waals surface area contributed by atoms with Crippen molar-refractivity contribution in [1.29, 1.82) is 0 Å². The fraction of sp³-hybridized carbons (Fsp3) is 0.120.